The van der Waals surface area contributed by atoms with E-state index in [2.05, 4.69) is 9.88 Å². The molecule has 1 aromatic heterocycles. The first-order valence-electron chi connectivity index (χ1n) is 6.68. The van der Waals surface area contributed by atoms with E-state index >= 15 is 0 Å². The molecule has 1 N–H and O–H groups in total. The lowest BCUT2D eigenvalue weighted by Crippen LogP contribution is -2.51. The van der Waals surface area contributed by atoms with Gasteiger partial charge in [0.05, 0.1) is 5.69 Å². The SMILES string of the molecule is Cc1cccc(CN2CCN(C(C)C(=O)O)CC2)n1. The quantitative estimate of drug-likeness (QED) is 0.877. The van der Waals surface area contributed by atoms with Gasteiger partial charge in [-0.25, -0.2) is 0 Å². The molecule has 0 bridgehead atoms. The molecule has 5 heteroatoms. The van der Waals surface area contributed by atoms with Crippen LogP contribution in [0, 0.1) is 6.92 Å². The van der Waals surface area contributed by atoms with Crippen molar-refractivity contribution >= 4 is 5.97 Å². The van der Waals surface area contributed by atoms with E-state index in [0.717, 1.165) is 44.1 Å². The van der Waals surface area contributed by atoms with Crippen molar-refractivity contribution in [1.29, 1.82) is 0 Å². The highest BCUT2D eigenvalue weighted by Gasteiger charge is 2.25. The molecule has 1 atom stereocenters. The van der Waals surface area contributed by atoms with E-state index in [-0.39, 0.29) is 6.04 Å². The number of pyridine rings is 1. The number of aryl methyl sites for hydroxylation is 1. The summed E-state index contributed by atoms with van der Waals surface area (Å²) in [6.07, 6.45) is 0. The van der Waals surface area contributed by atoms with Crippen LogP contribution in [-0.2, 0) is 11.3 Å². The minimum atomic E-state index is -0.742. The van der Waals surface area contributed by atoms with Gasteiger partial charge in [-0.3, -0.25) is 19.6 Å². The van der Waals surface area contributed by atoms with Crippen LogP contribution in [0.25, 0.3) is 0 Å². The summed E-state index contributed by atoms with van der Waals surface area (Å²) in [7, 11) is 0. The van der Waals surface area contributed by atoms with E-state index in [4.69, 9.17) is 5.11 Å². The van der Waals surface area contributed by atoms with Crippen LogP contribution in [0.4, 0.5) is 0 Å². The first-order chi connectivity index (χ1) is 9.06. The number of aliphatic carboxylic acids is 1. The summed E-state index contributed by atoms with van der Waals surface area (Å²) >= 11 is 0. The zero-order chi connectivity index (χ0) is 13.8. The third-order valence-corrected chi connectivity index (χ3v) is 3.64. The van der Waals surface area contributed by atoms with Gasteiger partial charge in [-0.2, -0.15) is 0 Å². The Balaban J connectivity index is 1.85. The van der Waals surface area contributed by atoms with Crippen molar-refractivity contribution in [1.82, 2.24) is 14.8 Å². The molecule has 0 radical (unpaired) electrons. The molecule has 0 aromatic carbocycles. The molecule has 104 valence electrons. The number of piperazine rings is 1. The Hall–Kier alpha value is -1.46. The third kappa shape index (κ3) is 3.75. The summed E-state index contributed by atoms with van der Waals surface area (Å²) in [4.78, 5) is 19.8. The number of rotatable bonds is 4. The summed E-state index contributed by atoms with van der Waals surface area (Å²) in [5.74, 6) is -0.742. The molecule has 1 fully saturated rings. The van der Waals surface area contributed by atoms with Gasteiger partial charge in [0.15, 0.2) is 0 Å². The lowest BCUT2D eigenvalue weighted by atomic mass is 10.2. The Labute approximate surface area is 113 Å². The second-order valence-electron chi connectivity index (χ2n) is 5.10. The summed E-state index contributed by atoms with van der Waals surface area (Å²) in [5, 5.41) is 9.00. The van der Waals surface area contributed by atoms with Crippen LogP contribution in [0.1, 0.15) is 18.3 Å². The molecule has 0 aliphatic carbocycles. The molecule has 1 aliphatic rings. The predicted octanol–water partition coefficient (Wildman–Crippen LogP) is 0.981. The molecule has 2 heterocycles. The fourth-order valence-corrected chi connectivity index (χ4v) is 2.38. The molecule has 2 rings (SSSR count). The standard InChI is InChI=1S/C14H21N3O2/c1-11-4-3-5-13(15-11)10-16-6-8-17(9-7-16)12(2)14(18)19/h3-5,12H,6-10H2,1-2H3,(H,18,19). The van der Waals surface area contributed by atoms with Gasteiger partial charge in [-0.1, -0.05) is 6.07 Å². The summed E-state index contributed by atoms with van der Waals surface area (Å²) in [5.41, 5.74) is 2.12. The monoisotopic (exact) mass is 263 g/mol. The van der Waals surface area contributed by atoms with Gasteiger partial charge in [0.1, 0.15) is 6.04 Å². The maximum Gasteiger partial charge on any atom is 0.320 e. The molecule has 0 amide bonds. The fourth-order valence-electron chi connectivity index (χ4n) is 2.38. The van der Waals surface area contributed by atoms with Crippen molar-refractivity contribution in [3.8, 4) is 0 Å². The minimum absolute atomic E-state index is 0.390. The fraction of sp³-hybridized carbons (Fsp3) is 0.571. The molecule has 0 spiro atoms. The molecular formula is C14H21N3O2. The van der Waals surface area contributed by atoms with Crippen LogP contribution in [0.5, 0.6) is 0 Å². The minimum Gasteiger partial charge on any atom is -0.480 e. The predicted molar refractivity (Wildman–Crippen MR) is 72.9 cm³/mol. The van der Waals surface area contributed by atoms with Gasteiger partial charge in [0.25, 0.3) is 0 Å². The molecule has 1 unspecified atom stereocenters. The number of nitrogens with zero attached hydrogens (tertiary/aromatic N) is 3. The van der Waals surface area contributed by atoms with Crippen molar-refractivity contribution < 1.29 is 9.90 Å². The zero-order valence-electron chi connectivity index (χ0n) is 11.5. The second kappa shape index (κ2) is 6.12. The van der Waals surface area contributed by atoms with E-state index in [1.807, 2.05) is 30.0 Å². The van der Waals surface area contributed by atoms with Gasteiger partial charge >= 0.3 is 5.97 Å². The summed E-state index contributed by atoms with van der Waals surface area (Å²) in [6, 6.07) is 5.68. The normalized spacial score (nSPS) is 19.3. The van der Waals surface area contributed by atoms with Crippen molar-refractivity contribution in [2.75, 3.05) is 26.2 Å². The molecule has 5 nitrogen and oxygen atoms in total. The highest BCUT2D eigenvalue weighted by molar-refractivity contribution is 5.72. The Kier molecular flexibility index (Phi) is 4.50. The van der Waals surface area contributed by atoms with Crippen molar-refractivity contribution in [2.45, 2.75) is 26.4 Å². The molecule has 0 saturated carbocycles. The Morgan fingerprint density at radius 1 is 1.37 bits per heavy atom. The summed E-state index contributed by atoms with van der Waals surface area (Å²) < 4.78 is 0. The number of carboxylic acids is 1. The topological polar surface area (TPSA) is 56.7 Å². The van der Waals surface area contributed by atoms with E-state index < -0.39 is 5.97 Å². The first kappa shape index (κ1) is 14.0. The number of aromatic nitrogens is 1. The van der Waals surface area contributed by atoms with Crippen LogP contribution in [0.15, 0.2) is 18.2 Å². The van der Waals surface area contributed by atoms with Crippen LogP contribution in [0.2, 0.25) is 0 Å². The van der Waals surface area contributed by atoms with Crippen LogP contribution in [0.3, 0.4) is 0 Å². The van der Waals surface area contributed by atoms with E-state index in [0.29, 0.717) is 0 Å². The number of hydrogen-bond acceptors (Lipinski definition) is 4. The third-order valence-electron chi connectivity index (χ3n) is 3.64. The largest absolute Gasteiger partial charge is 0.480 e. The number of hydrogen-bond donors (Lipinski definition) is 1. The Morgan fingerprint density at radius 3 is 2.63 bits per heavy atom. The average Bonchev–Trinajstić information content (AvgIpc) is 2.39. The van der Waals surface area contributed by atoms with E-state index in [1.54, 1.807) is 6.92 Å². The maximum atomic E-state index is 10.9. The van der Waals surface area contributed by atoms with Gasteiger partial charge < -0.3 is 5.11 Å². The van der Waals surface area contributed by atoms with Crippen LogP contribution >= 0.6 is 0 Å². The van der Waals surface area contributed by atoms with Crippen molar-refractivity contribution in [2.24, 2.45) is 0 Å². The zero-order valence-corrected chi connectivity index (χ0v) is 11.5. The number of carboxylic acid groups (broad SMARTS) is 1. The van der Waals surface area contributed by atoms with E-state index in [9.17, 15) is 4.79 Å². The smallest absolute Gasteiger partial charge is 0.320 e. The molecule has 1 aromatic rings. The highest BCUT2D eigenvalue weighted by Crippen LogP contribution is 2.10. The maximum absolute atomic E-state index is 10.9. The number of carbonyl (C=O) groups is 1. The second-order valence-corrected chi connectivity index (χ2v) is 5.10. The van der Waals surface area contributed by atoms with Crippen LogP contribution < -0.4 is 0 Å². The lowest BCUT2D eigenvalue weighted by molar-refractivity contribution is -0.143. The molecule has 19 heavy (non-hydrogen) atoms. The van der Waals surface area contributed by atoms with Crippen LogP contribution in [-0.4, -0.2) is 58.1 Å². The van der Waals surface area contributed by atoms with E-state index in [1.165, 1.54) is 0 Å². The average molecular weight is 263 g/mol. The van der Waals surface area contributed by atoms with Gasteiger partial charge in [0, 0.05) is 38.4 Å². The molecule has 1 aliphatic heterocycles. The highest BCUT2D eigenvalue weighted by atomic mass is 16.4. The van der Waals surface area contributed by atoms with Gasteiger partial charge in [0.2, 0.25) is 0 Å². The Morgan fingerprint density at radius 2 is 2.05 bits per heavy atom. The van der Waals surface area contributed by atoms with Gasteiger partial charge in [-0.05, 0) is 26.0 Å². The summed E-state index contributed by atoms with van der Waals surface area (Å²) in [6.45, 7) is 7.99. The molecular weight excluding hydrogens is 242 g/mol. The first-order valence-corrected chi connectivity index (χ1v) is 6.68. The van der Waals surface area contributed by atoms with Crippen molar-refractivity contribution in [3.63, 3.8) is 0 Å². The van der Waals surface area contributed by atoms with Crippen molar-refractivity contribution in [3.05, 3.63) is 29.6 Å². The Bertz CT molecular complexity index is 442. The molecule has 1 saturated heterocycles. The van der Waals surface area contributed by atoms with Gasteiger partial charge in [-0.15, -0.1) is 0 Å². The lowest BCUT2D eigenvalue weighted by Gasteiger charge is -2.36.